The molecule has 1 aliphatic heterocycles. The molecule has 2 rings (SSSR count). The van der Waals surface area contributed by atoms with Crippen LogP contribution < -0.4 is 10.5 Å². The van der Waals surface area contributed by atoms with E-state index in [0.29, 0.717) is 35.7 Å². The molecular formula is C12H16N2O4S2. The predicted octanol–water partition coefficient (Wildman–Crippen LogP) is 0.383. The van der Waals surface area contributed by atoms with Crippen molar-refractivity contribution in [2.75, 3.05) is 18.6 Å². The molecule has 0 amide bonds. The van der Waals surface area contributed by atoms with Crippen LogP contribution in [-0.4, -0.2) is 37.1 Å². The normalized spacial score (nSPS) is 17.9. The predicted molar refractivity (Wildman–Crippen MR) is 78.8 cm³/mol. The summed E-state index contributed by atoms with van der Waals surface area (Å²) in [6.07, 6.45) is 2.29. The van der Waals surface area contributed by atoms with Crippen molar-refractivity contribution in [3.8, 4) is 5.75 Å². The van der Waals surface area contributed by atoms with E-state index in [2.05, 4.69) is 4.40 Å². The van der Waals surface area contributed by atoms with Crippen LogP contribution >= 0.6 is 0 Å². The smallest absolute Gasteiger partial charge is 0.259 e. The Labute approximate surface area is 120 Å². The molecule has 0 aliphatic carbocycles. The summed E-state index contributed by atoms with van der Waals surface area (Å²) in [5.74, 6) is 0.869. The summed E-state index contributed by atoms with van der Waals surface area (Å²) in [4.78, 5) is 0. The molecule has 1 heterocycles. The number of nitrogens with two attached hydrogens (primary N) is 1. The molecule has 0 saturated carbocycles. The molecule has 20 heavy (non-hydrogen) atoms. The zero-order chi connectivity index (χ0) is 14.8. The average Bonchev–Trinajstić information content (AvgIpc) is 2.32. The van der Waals surface area contributed by atoms with E-state index in [-0.39, 0.29) is 11.6 Å². The van der Waals surface area contributed by atoms with E-state index in [1.54, 1.807) is 24.5 Å². The van der Waals surface area contributed by atoms with Gasteiger partial charge in [0.15, 0.2) is 0 Å². The first kappa shape index (κ1) is 15.0. The van der Waals surface area contributed by atoms with Crippen molar-refractivity contribution in [3.05, 3.63) is 29.3 Å². The largest absolute Gasteiger partial charge is 0.493 e. The Morgan fingerprint density at radius 3 is 2.90 bits per heavy atom. The van der Waals surface area contributed by atoms with Gasteiger partial charge in [-0.3, -0.25) is 4.21 Å². The van der Waals surface area contributed by atoms with Crippen LogP contribution in [0.5, 0.6) is 5.75 Å². The number of fused-ring (bicyclic) bond motifs is 1. The number of benzene rings is 1. The Hall–Kier alpha value is -1.41. The summed E-state index contributed by atoms with van der Waals surface area (Å²) in [5, 5.41) is 0. The van der Waals surface area contributed by atoms with Crippen LogP contribution in [0.1, 0.15) is 17.5 Å². The second-order valence-corrected chi connectivity index (χ2v) is 7.66. The number of ether oxygens (including phenoxy) is 1. The Morgan fingerprint density at radius 1 is 1.45 bits per heavy atom. The maximum atomic E-state index is 11.5. The maximum Gasteiger partial charge on any atom is 0.259 e. The summed E-state index contributed by atoms with van der Waals surface area (Å²) in [7, 11) is -4.38. The minimum Gasteiger partial charge on any atom is -0.493 e. The fourth-order valence-electron chi connectivity index (χ4n) is 1.98. The third-order valence-electron chi connectivity index (χ3n) is 2.78. The lowest BCUT2D eigenvalue weighted by Crippen LogP contribution is -2.24. The number of rotatable bonds is 5. The van der Waals surface area contributed by atoms with Crippen LogP contribution in [0.15, 0.2) is 22.6 Å². The Morgan fingerprint density at radius 2 is 2.20 bits per heavy atom. The molecule has 2 N–H and O–H groups in total. The van der Waals surface area contributed by atoms with E-state index in [4.69, 9.17) is 10.5 Å². The molecule has 1 unspecified atom stereocenters. The zero-order valence-electron chi connectivity index (χ0n) is 11.0. The molecule has 110 valence electrons. The Bertz CT molecular complexity index is 668. The van der Waals surface area contributed by atoms with Gasteiger partial charge in [0.1, 0.15) is 11.6 Å². The third kappa shape index (κ3) is 3.57. The van der Waals surface area contributed by atoms with Gasteiger partial charge < -0.3 is 10.5 Å². The molecule has 1 atom stereocenters. The number of nitrogens with zero attached hydrogens (tertiary/aromatic N) is 1. The van der Waals surface area contributed by atoms with Crippen molar-refractivity contribution in [2.45, 2.75) is 12.2 Å². The second kappa shape index (κ2) is 5.92. The van der Waals surface area contributed by atoms with Gasteiger partial charge in [-0.05, 0) is 18.1 Å². The minimum absolute atomic E-state index is 0.0408. The first-order valence-electron chi connectivity index (χ1n) is 6.02. The van der Waals surface area contributed by atoms with E-state index >= 15 is 0 Å². The highest BCUT2D eigenvalue weighted by atomic mass is 32.2. The molecule has 0 radical (unpaired) electrons. The van der Waals surface area contributed by atoms with E-state index in [9.17, 15) is 12.6 Å². The highest BCUT2D eigenvalue weighted by Crippen LogP contribution is 2.28. The molecule has 1 aromatic carbocycles. The van der Waals surface area contributed by atoms with Crippen molar-refractivity contribution < 1.29 is 17.4 Å². The van der Waals surface area contributed by atoms with E-state index in [1.165, 1.54) is 0 Å². The third-order valence-corrected chi connectivity index (χ3v) is 4.79. The van der Waals surface area contributed by atoms with Gasteiger partial charge in [0.25, 0.3) is 10.0 Å². The van der Waals surface area contributed by atoms with Gasteiger partial charge in [0.2, 0.25) is 0 Å². The SMILES string of the molecule is CS(=O)CCCOc1cccc2c1C(N)=NS(=O)(=O)C2. The molecule has 0 bridgehead atoms. The van der Waals surface area contributed by atoms with Gasteiger partial charge in [-0.25, -0.2) is 8.42 Å². The maximum absolute atomic E-state index is 11.5. The molecule has 8 heteroatoms. The number of amidine groups is 1. The van der Waals surface area contributed by atoms with Crippen LogP contribution in [0.3, 0.4) is 0 Å². The molecule has 1 aliphatic rings. The van der Waals surface area contributed by atoms with Crippen molar-refractivity contribution >= 4 is 26.7 Å². The number of hydrogen-bond donors (Lipinski definition) is 1. The zero-order valence-corrected chi connectivity index (χ0v) is 12.7. The molecule has 0 saturated heterocycles. The van der Waals surface area contributed by atoms with Crippen molar-refractivity contribution in [1.29, 1.82) is 0 Å². The van der Waals surface area contributed by atoms with Gasteiger partial charge in [0.05, 0.1) is 17.9 Å². The minimum atomic E-state index is -3.53. The second-order valence-electron chi connectivity index (χ2n) is 4.47. The number of hydrogen-bond acceptors (Lipinski definition) is 5. The highest BCUT2D eigenvalue weighted by molar-refractivity contribution is 7.89. The van der Waals surface area contributed by atoms with Gasteiger partial charge in [-0.1, -0.05) is 12.1 Å². The van der Waals surface area contributed by atoms with Gasteiger partial charge in [-0.2, -0.15) is 0 Å². The first-order chi connectivity index (χ1) is 9.39. The standard InChI is InChI=1S/C12H16N2O4S2/c1-19(15)7-3-6-18-10-5-2-4-9-8-20(16,17)14-12(13)11(9)10/h2,4-5H,3,6-8H2,1H3,(H2,13,14). The monoisotopic (exact) mass is 316 g/mol. The van der Waals surface area contributed by atoms with Crippen molar-refractivity contribution in [3.63, 3.8) is 0 Å². The van der Waals surface area contributed by atoms with Crippen LogP contribution in [-0.2, 0) is 26.6 Å². The summed E-state index contributed by atoms with van der Waals surface area (Å²) >= 11 is 0. The average molecular weight is 316 g/mol. The highest BCUT2D eigenvalue weighted by Gasteiger charge is 2.24. The molecule has 0 spiro atoms. The van der Waals surface area contributed by atoms with Crippen molar-refractivity contribution in [1.82, 2.24) is 0 Å². The van der Waals surface area contributed by atoms with Gasteiger partial charge in [-0.15, -0.1) is 4.40 Å². The summed E-state index contributed by atoms with van der Waals surface area (Å²) in [5.41, 5.74) is 6.85. The first-order valence-corrected chi connectivity index (χ1v) is 9.36. The Kier molecular flexibility index (Phi) is 4.44. The van der Waals surface area contributed by atoms with Crippen molar-refractivity contribution in [2.24, 2.45) is 10.1 Å². The fraction of sp³-hybridized carbons (Fsp3) is 0.417. The quantitative estimate of drug-likeness (QED) is 0.792. The lowest BCUT2D eigenvalue weighted by Gasteiger charge is -2.18. The Balaban J connectivity index is 2.19. The van der Waals surface area contributed by atoms with Crippen LogP contribution in [0.25, 0.3) is 0 Å². The molecule has 0 aromatic heterocycles. The van der Waals surface area contributed by atoms with Crippen LogP contribution in [0.2, 0.25) is 0 Å². The van der Waals surface area contributed by atoms with Crippen LogP contribution in [0.4, 0.5) is 0 Å². The lowest BCUT2D eigenvalue weighted by atomic mass is 10.1. The van der Waals surface area contributed by atoms with E-state index < -0.39 is 20.8 Å². The summed E-state index contributed by atoms with van der Waals surface area (Å²) in [6, 6.07) is 5.14. The van der Waals surface area contributed by atoms with Crippen LogP contribution in [0, 0.1) is 0 Å². The van der Waals surface area contributed by atoms with E-state index in [1.807, 2.05) is 0 Å². The summed E-state index contributed by atoms with van der Waals surface area (Å²) in [6.45, 7) is 0.399. The molecule has 1 aromatic rings. The molecule has 0 fully saturated rings. The fourth-order valence-corrected chi connectivity index (χ4v) is 3.59. The summed E-state index contributed by atoms with van der Waals surface area (Å²) < 4.78 is 43.1. The topological polar surface area (TPSA) is 98.8 Å². The molecule has 6 nitrogen and oxygen atoms in total. The van der Waals surface area contributed by atoms with Gasteiger partial charge >= 0.3 is 0 Å². The van der Waals surface area contributed by atoms with Gasteiger partial charge in [0, 0.05) is 22.8 Å². The molecular weight excluding hydrogens is 300 g/mol. The number of sulfonamides is 1. The van der Waals surface area contributed by atoms with E-state index in [0.717, 1.165) is 0 Å². The lowest BCUT2D eigenvalue weighted by molar-refractivity contribution is 0.317.